The summed E-state index contributed by atoms with van der Waals surface area (Å²) in [5.74, 6) is -0.475. The molecule has 0 aromatic rings. The van der Waals surface area contributed by atoms with Gasteiger partial charge in [0.2, 0.25) is 5.91 Å². The third-order valence-electron chi connectivity index (χ3n) is 3.89. The molecule has 0 N–H and O–H groups in total. The number of nitrogens with zero attached hydrogens (tertiary/aromatic N) is 1. The Balaban J connectivity index is 2.99. The molecule has 1 fully saturated rings. The van der Waals surface area contributed by atoms with E-state index < -0.39 is 42.1 Å². The van der Waals surface area contributed by atoms with Gasteiger partial charge >= 0.3 is 0 Å². The van der Waals surface area contributed by atoms with Crippen LogP contribution in [0.2, 0.25) is 0 Å². The van der Waals surface area contributed by atoms with Crippen LogP contribution in [-0.4, -0.2) is 62.2 Å². The summed E-state index contributed by atoms with van der Waals surface area (Å²) in [6.07, 6.45) is 1.05. The molecule has 1 aliphatic rings. The van der Waals surface area contributed by atoms with Gasteiger partial charge in [0.1, 0.15) is 5.25 Å². The van der Waals surface area contributed by atoms with Crippen LogP contribution in [0.3, 0.4) is 0 Å². The van der Waals surface area contributed by atoms with E-state index in [9.17, 15) is 21.6 Å². The number of hydrogen-bond donors (Lipinski definition) is 0. The van der Waals surface area contributed by atoms with Gasteiger partial charge in [0.15, 0.2) is 19.7 Å². The van der Waals surface area contributed by atoms with E-state index in [4.69, 9.17) is 0 Å². The lowest BCUT2D eigenvalue weighted by Gasteiger charge is -2.30. The van der Waals surface area contributed by atoms with Crippen LogP contribution < -0.4 is 0 Å². The number of carbonyl (C=O) groups is 1. The Kier molecular flexibility index (Phi) is 5.83. The van der Waals surface area contributed by atoms with Crippen molar-refractivity contribution in [2.75, 3.05) is 18.1 Å². The fraction of sp³-hybridized carbons (Fsp3) is 0.923. The van der Waals surface area contributed by atoms with Crippen molar-refractivity contribution in [2.24, 2.45) is 0 Å². The summed E-state index contributed by atoms with van der Waals surface area (Å²) in [5, 5.41) is -1.76. The van der Waals surface area contributed by atoms with Gasteiger partial charge in [-0.15, -0.1) is 0 Å². The van der Waals surface area contributed by atoms with Crippen molar-refractivity contribution in [3.8, 4) is 0 Å². The van der Waals surface area contributed by atoms with Crippen LogP contribution in [0.15, 0.2) is 0 Å². The van der Waals surface area contributed by atoms with Gasteiger partial charge in [-0.3, -0.25) is 4.79 Å². The third kappa shape index (κ3) is 4.18. The minimum Gasteiger partial charge on any atom is -0.338 e. The predicted molar refractivity (Wildman–Crippen MR) is 82.6 cm³/mol. The summed E-state index contributed by atoms with van der Waals surface area (Å²) in [4.78, 5) is 14.0. The normalized spacial score (nSPS) is 23.2. The number of sulfone groups is 2. The number of amides is 1. The molecule has 0 bridgehead atoms. The van der Waals surface area contributed by atoms with Crippen molar-refractivity contribution < 1.29 is 21.6 Å². The minimum atomic E-state index is -3.54. The number of hydrogen-bond acceptors (Lipinski definition) is 5. The summed E-state index contributed by atoms with van der Waals surface area (Å²) in [5.41, 5.74) is 0. The molecule has 124 valence electrons. The zero-order valence-corrected chi connectivity index (χ0v) is 14.7. The van der Waals surface area contributed by atoms with Crippen LogP contribution in [0.25, 0.3) is 0 Å². The van der Waals surface area contributed by atoms with Crippen molar-refractivity contribution in [1.29, 1.82) is 0 Å². The van der Waals surface area contributed by atoms with E-state index in [1.54, 1.807) is 13.8 Å². The minimum absolute atomic E-state index is 0.0623. The molecule has 1 saturated heterocycles. The fourth-order valence-electron chi connectivity index (χ4n) is 2.52. The van der Waals surface area contributed by atoms with Crippen molar-refractivity contribution in [2.45, 2.75) is 57.1 Å². The molecule has 0 aromatic carbocycles. The molecule has 2 unspecified atom stereocenters. The van der Waals surface area contributed by atoms with Crippen molar-refractivity contribution >= 4 is 25.6 Å². The first kappa shape index (κ1) is 18.4. The summed E-state index contributed by atoms with van der Waals surface area (Å²) >= 11 is 0. The van der Waals surface area contributed by atoms with Crippen LogP contribution in [-0.2, 0) is 24.5 Å². The molecule has 2 atom stereocenters. The van der Waals surface area contributed by atoms with E-state index in [-0.39, 0.29) is 11.5 Å². The lowest BCUT2D eigenvalue weighted by Crippen LogP contribution is -2.49. The Bertz CT molecular complexity index is 580. The zero-order valence-electron chi connectivity index (χ0n) is 13.1. The maximum Gasteiger partial charge on any atom is 0.240 e. The highest BCUT2D eigenvalue weighted by molar-refractivity contribution is 7.93. The third-order valence-corrected chi connectivity index (χ3v) is 8.15. The van der Waals surface area contributed by atoms with Gasteiger partial charge < -0.3 is 4.90 Å². The van der Waals surface area contributed by atoms with E-state index in [0.717, 1.165) is 0 Å². The van der Waals surface area contributed by atoms with Gasteiger partial charge in [-0.2, -0.15) is 0 Å². The van der Waals surface area contributed by atoms with Crippen LogP contribution in [0.5, 0.6) is 0 Å². The smallest absolute Gasteiger partial charge is 0.240 e. The van der Waals surface area contributed by atoms with Gasteiger partial charge in [0, 0.05) is 12.6 Å². The molecule has 6 nitrogen and oxygen atoms in total. The van der Waals surface area contributed by atoms with E-state index in [0.29, 0.717) is 19.4 Å². The molecule has 8 heteroatoms. The Hall–Kier alpha value is -0.630. The first-order chi connectivity index (χ1) is 9.53. The first-order valence-electron chi connectivity index (χ1n) is 7.26. The number of carbonyl (C=O) groups excluding carboxylic acids is 1. The van der Waals surface area contributed by atoms with Crippen LogP contribution >= 0.6 is 0 Å². The summed E-state index contributed by atoms with van der Waals surface area (Å²) in [7, 11) is -6.65. The van der Waals surface area contributed by atoms with Crippen molar-refractivity contribution in [3.05, 3.63) is 0 Å². The molecule has 0 aromatic heterocycles. The highest BCUT2D eigenvalue weighted by Crippen LogP contribution is 2.21. The Morgan fingerprint density at radius 1 is 1.29 bits per heavy atom. The average Bonchev–Trinajstić information content (AvgIpc) is 2.74. The first-order valence-corrected chi connectivity index (χ1v) is 10.7. The Labute approximate surface area is 127 Å². The molecule has 0 spiro atoms. The highest BCUT2D eigenvalue weighted by atomic mass is 32.2. The van der Waals surface area contributed by atoms with E-state index in [2.05, 4.69) is 0 Å². The molecule has 0 saturated carbocycles. The summed E-state index contributed by atoms with van der Waals surface area (Å²) in [6.45, 7) is 6.75. The summed E-state index contributed by atoms with van der Waals surface area (Å²) < 4.78 is 47.5. The molecular formula is C13H25NO5S2. The second-order valence-corrected chi connectivity index (χ2v) is 10.9. The quantitative estimate of drug-likeness (QED) is 0.708. The Morgan fingerprint density at radius 3 is 2.24 bits per heavy atom. The largest absolute Gasteiger partial charge is 0.338 e. The molecule has 1 amide bonds. The van der Waals surface area contributed by atoms with Crippen LogP contribution in [0, 0.1) is 0 Å². The van der Waals surface area contributed by atoms with Gasteiger partial charge in [0.25, 0.3) is 0 Å². The molecule has 1 aliphatic heterocycles. The van der Waals surface area contributed by atoms with E-state index in [1.807, 2.05) is 6.92 Å². The summed E-state index contributed by atoms with van der Waals surface area (Å²) in [6, 6.07) is -0.396. The lowest BCUT2D eigenvalue weighted by atomic mass is 10.2. The van der Waals surface area contributed by atoms with Crippen LogP contribution in [0.1, 0.15) is 40.5 Å². The van der Waals surface area contributed by atoms with Crippen molar-refractivity contribution in [1.82, 2.24) is 4.90 Å². The standard InChI is InChI=1S/C13H25NO5S2/c1-5-7-14(12-6-8-20(16,17)9-12)13(15)11(4)21(18,19)10(2)3/h10-12H,5-9H2,1-4H3. The Morgan fingerprint density at radius 2 is 1.86 bits per heavy atom. The van der Waals surface area contributed by atoms with Crippen molar-refractivity contribution in [3.63, 3.8) is 0 Å². The molecule has 0 aliphatic carbocycles. The van der Waals surface area contributed by atoms with E-state index in [1.165, 1.54) is 11.8 Å². The maximum absolute atomic E-state index is 12.5. The lowest BCUT2D eigenvalue weighted by molar-refractivity contribution is -0.132. The average molecular weight is 339 g/mol. The van der Waals surface area contributed by atoms with Gasteiger partial charge in [-0.25, -0.2) is 16.8 Å². The SMILES string of the molecule is CCCN(C(=O)C(C)S(=O)(=O)C(C)C)C1CCS(=O)(=O)C1. The maximum atomic E-state index is 12.5. The number of rotatable bonds is 6. The molecule has 1 rings (SSSR count). The zero-order chi connectivity index (χ0) is 16.4. The highest BCUT2D eigenvalue weighted by Gasteiger charge is 2.39. The molecular weight excluding hydrogens is 314 g/mol. The fourth-order valence-corrected chi connectivity index (χ4v) is 5.48. The molecule has 21 heavy (non-hydrogen) atoms. The van der Waals surface area contributed by atoms with Gasteiger partial charge in [0.05, 0.1) is 16.8 Å². The predicted octanol–water partition coefficient (Wildman–Crippen LogP) is 0.624. The second-order valence-electron chi connectivity index (χ2n) is 5.87. The van der Waals surface area contributed by atoms with Gasteiger partial charge in [-0.1, -0.05) is 6.92 Å². The monoisotopic (exact) mass is 339 g/mol. The molecule has 1 heterocycles. The second kappa shape index (κ2) is 6.64. The molecule has 0 radical (unpaired) electrons. The van der Waals surface area contributed by atoms with Gasteiger partial charge in [-0.05, 0) is 33.6 Å². The van der Waals surface area contributed by atoms with E-state index >= 15 is 0 Å². The van der Waals surface area contributed by atoms with Crippen LogP contribution in [0.4, 0.5) is 0 Å². The topological polar surface area (TPSA) is 88.6 Å².